The lowest BCUT2D eigenvalue weighted by atomic mass is 9.83. The highest BCUT2D eigenvalue weighted by atomic mass is 16.1. The Morgan fingerprint density at radius 1 is 1.10 bits per heavy atom. The van der Waals surface area contributed by atoms with Crippen LogP contribution in [0.5, 0.6) is 0 Å². The molecule has 2 heteroatoms. The van der Waals surface area contributed by atoms with E-state index in [0.717, 1.165) is 24.8 Å². The number of carbonyl (C=O) groups is 1. The van der Waals surface area contributed by atoms with Crippen molar-refractivity contribution < 1.29 is 4.79 Å². The van der Waals surface area contributed by atoms with Crippen molar-refractivity contribution in [3.05, 3.63) is 53.3 Å². The van der Waals surface area contributed by atoms with Crippen LogP contribution in [0, 0.1) is 0 Å². The molecule has 21 heavy (non-hydrogen) atoms. The predicted octanol–water partition coefficient (Wildman–Crippen LogP) is 4.37. The van der Waals surface area contributed by atoms with E-state index in [4.69, 9.17) is 0 Å². The zero-order valence-electron chi connectivity index (χ0n) is 13.1. The van der Waals surface area contributed by atoms with Crippen LogP contribution in [0.4, 0.5) is 5.69 Å². The van der Waals surface area contributed by atoms with Crippen LogP contribution in [0.2, 0.25) is 0 Å². The number of carbonyl (C=O) groups excluding carboxylic acids is 1. The molecule has 2 aliphatic rings. The molecule has 1 aliphatic heterocycles. The van der Waals surface area contributed by atoms with Gasteiger partial charge in [-0.15, -0.1) is 0 Å². The Morgan fingerprint density at radius 3 is 2.52 bits per heavy atom. The molecule has 0 aromatic heterocycles. The van der Waals surface area contributed by atoms with Crippen molar-refractivity contribution >= 4 is 11.5 Å². The van der Waals surface area contributed by atoms with Gasteiger partial charge in [0.15, 0.2) is 5.78 Å². The second kappa shape index (κ2) is 5.18. The van der Waals surface area contributed by atoms with E-state index in [1.165, 1.54) is 16.9 Å². The predicted molar refractivity (Wildman–Crippen MR) is 87.5 cm³/mol. The summed E-state index contributed by atoms with van der Waals surface area (Å²) in [5, 5.41) is 0. The molecular weight excluding hydrogens is 258 g/mol. The van der Waals surface area contributed by atoms with Crippen molar-refractivity contribution in [1.82, 2.24) is 0 Å². The van der Waals surface area contributed by atoms with Crippen LogP contribution in [0.25, 0.3) is 0 Å². The van der Waals surface area contributed by atoms with Crippen molar-refractivity contribution in [3.63, 3.8) is 0 Å². The van der Waals surface area contributed by atoms with E-state index in [-0.39, 0.29) is 5.41 Å². The normalized spacial score (nSPS) is 24.7. The first-order valence-corrected chi connectivity index (χ1v) is 7.79. The Balaban J connectivity index is 1.98. The highest BCUT2D eigenvalue weighted by Gasteiger charge is 2.37. The van der Waals surface area contributed by atoms with Crippen molar-refractivity contribution in [3.8, 4) is 0 Å². The summed E-state index contributed by atoms with van der Waals surface area (Å²) < 4.78 is 0. The number of benzene rings is 1. The number of hydrogen-bond acceptors (Lipinski definition) is 2. The van der Waals surface area contributed by atoms with Crippen molar-refractivity contribution in [2.45, 2.75) is 44.9 Å². The van der Waals surface area contributed by atoms with Crippen LogP contribution in [-0.4, -0.2) is 12.8 Å². The molecule has 1 fully saturated rings. The fourth-order valence-electron chi connectivity index (χ4n) is 3.56. The molecule has 0 spiro atoms. The molecule has 0 unspecified atom stereocenters. The first-order valence-electron chi connectivity index (χ1n) is 7.79. The molecule has 0 radical (unpaired) electrons. The third-order valence-corrected chi connectivity index (χ3v) is 4.84. The first kappa shape index (κ1) is 14.1. The third-order valence-electron chi connectivity index (χ3n) is 4.84. The molecule has 1 heterocycles. The van der Waals surface area contributed by atoms with Gasteiger partial charge in [0.25, 0.3) is 0 Å². The molecule has 110 valence electrons. The Hall–Kier alpha value is -1.83. The Labute approximate surface area is 127 Å². The molecule has 1 aromatic carbocycles. The second-order valence-corrected chi connectivity index (χ2v) is 6.58. The van der Waals surface area contributed by atoms with Crippen molar-refractivity contribution in [2.75, 3.05) is 11.9 Å². The number of allylic oxidation sites excluding steroid dienone is 4. The van der Waals surface area contributed by atoms with Gasteiger partial charge in [-0.05, 0) is 42.5 Å². The molecule has 2 nitrogen and oxygen atoms in total. The van der Waals surface area contributed by atoms with Gasteiger partial charge in [0, 0.05) is 30.3 Å². The van der Waals surface area contributed by atoms with E-state index in [2.05, 4.69) is 62.2 Å². The minimum absolute atomic E-state index is 0.0138. The number of ketones is 1. The Bertz CT molecular complexity index is 637. The van der Waals surface area contributed by atoms with Crippen LogP contribution in [0.15, 0.2) is 47.7 Å². The second-order valence-electron chi connectivity index (χ2n) is 6.58. The summed E-state index contributed by atoms with van der Waals surface area (Å²) in [6.07, 6.45) is 8.04. The summed E-state index contributed by atoms with van der Waals surface area (Å²) in [6.45, 7) is 4.50. The minimum Gasteiger partial charge on any atom is -0.347 e. The summed E-state index contributed by atoms with van der Waals surface area (Å²) in [4.78, 5) is 14.2. The van der Waals surface area contributed by atoms with E-state index in [1.807, 2.05) is 0 Å². The molecule has 3 rings (SSSR count). The van der Waals surface area contributed by atoms with Crippen LogP contribution in [0.1, 0.15) is 45.1 Å². The molecule has 0 saturated heterocycles. The zero-order chi connectivity index (χ0) is 15.0. The summed E-state index contributed by atoms with van der Waals surface area (Å²) in [5.74, 6) is 0.328. The van der Waals surface area contributed by atoms with E-state index in [1.54, 1.807) is 0 Å². The maximum absolute atomic E-state index is 11.9. The molecule has 0 atom stereocenters. The molecule has 1 aromatic rings. The van der Waals surface area contributed by atoms with Gasteiger partial charge in [0.2, 0.25) is 0 Å². The summed E-state index contributed by atoms with van der Waals surface area (Å²) in [5.41, 5.74) is 4.86. The fourth-order valence-corrected chi connectivity index (χ4v) is 3.56. The SMILES string of the molecule is CN1/C(=C/C=C2\CCCCC2=O)C(C)(C)c2ccccc21. The molecule has 0 N–H and O–H groups in total. The molecule has 1 aliphatic carbocycles. The van der Waals surface area contributed by atoms with Gasteiger partial charge in [-0.2, -0.15) is 0 Å². The van der Waals surface area contributed by atoms with E-state index < -0.39 is 0 Å². The van der Waals surface area contributed by atoms with Gasteiger partial charge >= 0.3 is 0 Å². The number of fused-ring (bicyclic) bond motifs is 1. The van der Waals surface area contributed by atoms with Gasteiger partial charge in [-0.1, -0.05) is 38.1 Å². The van der Waals surface area contributed by atoms with Crippen LogP contribution >= 0.6 is 0 Å². The number of nitrogens with zero attached hydrogens (tertiary/aromatic N) is 1. The van der Waals surface area contributed by atoms with Gasteiger partial charge < -0.3 is 4.90 Å². The van der Waals surface area contributed by atoms with Crippen LogP contribution < -0.4 is 4.90 Å². The summed E-state index contributed by atoms with van der Waals surface area (Å²) >= 11 is 0. The van der Waals surface area contributed by atoms with Gasteiger partial charge in [0.05, 0.1) is 0 Å². The highest BCUT2D eigenvalue weighted by Crippen LogP contribution is 2.46. The fraction of sp³-hybridized carbons (Fsp3) is 0.421. The average Bonchev–Trinajstić information content (AvgIpc) is 2.67. The smallest absolute Gasteiger partial charge is 0.158 e. The summed E-state index contributed by atoms with van der Waals surface area (Å²) in [7, 11) is 2.11. The van der Waals surface area contributed by atoms with Gasteiger partial charge in [-0.3, -0.25) is 4.79 Å². The van der Waals surface area contributed by atoms with Crippen molar-refractivity contribution in [1.29, 1.82) is 0 Å². The lowest BCUT2D eigenvalue weighted by molar-refractivity contribution is -0.116. The van der Waals surface area contributed by atoms with Crippen LogP contribution in [0.3, 0.4) is 0 Å². The maximum atomic E-state index is 11.9. The Morgan fingerprint density at radius 2 is 1.81 bits per heavy atom. The van der Waals surface area contributed by atoms with Crippen molar-refractivity contribution in [2.24, 2.45) is 0 Å². The highest BCUT2D eigenvalue weighted by molar-refractivity contribution is 5.96. The van der Waals surface area contributed by atoms with E-state index >= 15 is 0 Å². The monoisotopic (exact) mass is 281 g/mol. The number of para-hydroxylation sites is 1. The van der Waals surface area contributed by atoms with E-state index in [9.17, 15) is 4.79 Å². The van der Waals surface area contributed by atoms with Gasteiger partial charge in [0.1, 0.15) is 0 Å². The number of likely N-dealkylation sites (N-methyl/N-ethyl adjacent to an activating group) is 1. The number of Topliss-reactive ketones (excluding diaryl/α,β-unsaturated/α-hetero) is 1. The molecular formula is C19H23NO. The third kappa shape index (κ3) is 2.33. The molecule has 0 amide bonds. The maximum Gasteiger partial charge on any atom is 0.158 e. The molecule has 0 bridgehead atoms. The largest absolute Gasteiger partial charge is 0.347 e. The van der Waals surface area contributed by atoms with E-state index in [0.29, 0.717) is 12.2 Å². The van der Waals surface area contributed by atoms with Gasteiger partial charge in [-0.25, -0.2) is 0 Å². The number of hydrogen-bond donors (Lipinski definition) is 0. The average molecular weight is 281 g/mol. The Kier molecular flexibility index (Phi) is 3.48. The molecule has 1 saturated carbocycles. The number of anilines is 1. The standard InChI is InChI=1S/C19H23NO/c1-19(2)15-9-5-6-10-16(15)20(3)18(19)13-12-14-8-4-7-11-17(14)21/h5-6,9-10,12-13H,4,7-8,11H2,1-3H3/b14-12+,18-13+. The lowest BCUT2D eigenvalue weighted by Gasteiger charge is -2.24. The minimum atomic E-state index is -0.0138. The number of rotatable bonds is 1. The summed E-state index contributed by atoms with van der Waals surface area (Å²) in [6, 6.07) is 8.54. The quantitative estimate of drug-likeness (QED) is 0.713. The lowest BCUT2D eigenvalue weighted by Crippen LogP contribution is -2.22. The zero-order valence-corrected chi connectivity index (χ0v) is 13.1. The first-order chi connectivity index (χ1) is 10.0. The topological polar surface area (TPSA) is 20.3 Å². The van der Waals surface area contributed by atoms with Crippen LogP contribution in [-0.2, 0) is 10.2 Å².